The Morgan fingerprint density at radius 1 is 1.39 bits per heavy atom. The Morgan fingerprint density at radius 3 is 2.78 bits per heavy atom. The highest BCUT2D eigenvalue weighted by Gasteiger charge is 2.23. The van der Waals surface area contributed by atoms with Gasteiger partial charge in [-0.05, 0) is 55.7 Å². The quantitative estimate of drug-likeness (QED) is 0.636. The number of hydrogen-bond acceptors (Lipinski definition) is 3. The van der Waals surface area contributed by atoms with Crippen LogP contribution in [-0.4, -0.2) is 26.5 Å². The van der Waals surface area contributed by atoms with Crippen molar-refractivity contribution in [3.8, 4) is 5.75 Å². The van der Waals surface area contributed by atoms with Crippen molar-refractivity contribution in [2.24, 2.45) is 5.92 Å². The monoisotopic (exact) mass is 340 g/mol. The van der Waals surface area contributed by atoms with Crippen molar-refractivity contribution in [1.29, 1.82) is 0 Å². The van der Waals surface area contributed by atoms with Crippen molar-refractivity contribution in [3.63, 3.8) is 0 Å². The van der Waals surface area contributed by atoms with Gasteiger partial charge in [0, 0.05) is 0 Å². The van der Waals surface area contributed by atoms with Gasteiger partial charge in [0.25, 0.3) is 0 Å². The van der Waals surface area contributed by atoms with Crippen molar-refractivity contribution in [2.75, 3.05) is 18.1 Å². The number of allylic oxidation sites excluding steroid dienone is 2. The molecule has 1 aliphatic carbocycles. The Kier molecular flexibility index (Phi) is 6.22. The topological polar surface area (TPSA) is 43.4 Å². The third-order valence-electron chi connectivity index (χ3n) is 4.03. The molecule has 128 valence electrons. The highest BCUT2D eigenvalue weighted by Crippen LogP contribution is 2.31. The van der Waals surface area contributed by atoms with E-state index in [9.17, 15) is 12.8 Å². The average Bonchev–Trinajstić information content (AvgIpc) is 3.30. The molecule has 0 amide bonds. The van der Waals surface area contributed by atoms with Crippen LogP contribution in [0.3, 0.4) is 0 Å². The largest absolute Gasteiger partial charge is 0.490 e. The number of benzene rings is 1. The Balaban J connectivity index is 2.00. The van der Waals surface area contributed by atoms with Crippen LogP contribution in [0.4, 0.5) is 4.39 Å². The SMILES string of the molecule is C/C=C/CCS(=O)(=O)C[C@H](C)c1ccc(F)c(OCC2CC2)c1. The zero-order chi connectivity index (χ0) is 16.9. The predicted octanol–water partition coefficient (Wildman–Crippen LogP) is 4.10. The van der Waals surface area contributed by atoms with Crippen LogP contribution >= 0.6 is 0 Å². The Bertz CT molecular complexity index is 648. The molecule has 2 rings (SSSR count). The molecule has 0 unspecified atom stereocenters. The van der Waals surface area contributed by atoms with E-state index in [2.05, 4.69) is 0 Å². The Hall–Kier alpha value is -1.36. The maximum absolute atomic E-state index is 13.8. The highest BCUT2D eigenvalue weighted by molar-refractivity contribution is 7.91. The van der Waals surface area contributed by atoms with Crippen LogP contribution < -0.4 is 4.74 Å². The van der Waals surface area contributed by atoms with Crippen LogP contribution in [0.2, 0.25) is 0 Å². The van der Waals surface area contributed by atoms with Crippen LogP contribution in [0.25, 0.3) is 0 Å². The smallest absolute Gasteiger partial charge is 0.165 e. The van der Waals surface area contributed by atoms with Gasteiger partial charge in [0.2, 0.25) is 0 Å². The van der Waals surface area contributed by atoms with E-state index in [4.69, 9.17) is 4.74 Å². The molecule has 0 radical (unpaired) electrons. The first-order chi connectivity index (χ1) is 10.9. The Labute approximate surface area is 138 Å². The zero-order valence-corrected chi connectivity index (χ0v) is 14.6. The molecule has 0 N–H and O–H groups in total. The van der Waals surface area contributed by atoms with Crippen molar-refractivity contribution in [1.82, 2.24) is 0 Å². The summed E-state index contributed by atoms with van der Waals surface area (Å²) >= 11 is 0. The molecule has 0 heterocycles. The molecule has 23 heavy (non-hydrogen) atoms. The van der Waals surface area contributed by atoms with E-state index >= 15 is 0 Å². The molecule has 1 fully saturated rings. The van der Waals surface area contributed by atoms with Crippen molar-refractivity contribution in [3.05, 3.63) is 41.7 Å². The summed E-state index contributed by atoms with van der Waals surface area (Å²) in [6.07, 6.45) is 6.52. The first-order valence-electron chi connectivity index (χ1n) is 8.15. The lowest BCUT2D eigenvalue weighted by Gasteiger charge is -2.14. The standard InChI is InChI=1S/C18H25FO3S/c1-3-4-5-10-23(20,21)13-14(2)16-8-9-17(19)18(11-16)22-12-15-6-7-15/h3-4,8-9,11,14-15H,5-7,10,12-13H2,1-2H3/b4-3+/t14-/m0/s1. The fraction of sp³-hybridized carbons (Fsp3) is 0.556. The lowest BCUT2D eigenvalue weighted by atomic mass is 10.0. The van der Waals surface area contributed by atoms with Crippen LogP contribution in [0.15, 0.2) is 30.4 Å². The molecule has 0 bridgehead atoms. The molecule has 0 spiro atoms. The van der Waals surface area contributed by atoms with E-state index in [1.165, 1.54) is 6.07 Å². The van der Waals surface area contributed by atoms with Crippen LogP contribution in [0.5, 0.6) is 5.75 Å². The second-order valence-electron chi connectivity index (χ2n) is 6.32. The zero-order valence-electron chi connectivity index (χ0n) is 13.8. The van der Waals surface area contributed by atoms with Crippen molar-refractivity contribution in [2.45, 2.75) is 39.0 Å². The summed E-state index contributed by atoms with van der Waals surface area (Å²) in [6, 6.07) is 4.65. The van der Waals surface area contributed by atoms with E-state index in [1.807, 2.05) is 26.0 Å². The highest BCUT2D eigenvalue weighted by atomic mass is 32.2. The fourth-order valence-electron chi connectivity index (χ4n) is 2.40. The van der Waals surface area contributed by atoms with Gasteiger partial charge >= 0.3 is 0 Å². The van der Waals surface area contributed by atoms with Crippen LogP contribution in [0.1, 0.15) is 44.6 Å². The van der Waals surface area contributed by atoms with E-state index in [-0.39, 0.29) is 23.2 Å². The summed E-state index contributed by atoms with van der Waals surface area (Å²) < 4.78 is 43.6. The van der Waals surface area contributed by atoms with Gasteiger partial charge in [0.1, 0.15) is 0 Å². The Morgan fingerprint density at radius 2 is 2.13 bits per heavy atom. The van der Waals surface area contributed by atoms with Gasteiger partial charge in [0.05, 0.1) is 18.1 Å². The molecule has 1 aliphatic rings. The second kappa shape index (κ2) is 7.95. The lowest BCUT2D eigenvalue weighted by molar-refractivity contribution is 0.285. The molecule has 5 heteroatoms. The van der Waals surface area contributed by atoms with Crippen molar-refractivity contribution >= 4 is 9.84 Å². The number of hydrogen-bond donors (Lipinski definition) is 0. The van der Waals surface area contributed by atoms with E-state index in [0.29, 0.717) is 18.9 Å². The van der Waals surface area contributed by atoms with Gasteiger partial charge in [-0.2, -0.15) is 0 Å². The third kappa shape index (κ3) is 5.98. The molecule has 0 saturated heterocycles. The van der Waals surface area contributed by atoms with Crippen LogP contribution in [-0.2, 0) is 9.84 Å². The normalized spacial score (nSPS) is 16.7. The van der Waals surface area contributed by atoms with Gasteiger partial charge in [0.15, 0.2) is 21.4 Å². The minimum atomic E-state index is -3.13. The lowest BCUT2D eigenvalue weighted by Crippen LogP contribution is -2.16. The molecule has 1 atom stereocenters. The van der Waals surface area contributed by atoms with E-state index in [0.717, 1.165) is 18.4 Å². The average molecular weight is 340 g/mol. The maximum atomic E-state index is 13.8. The van der Waals surface area contributed by atoms with Crippen molar-refractivity contribution < 1.29 is 17.5 Å². The molecular weight excluding hydrogens is 315 g/mol. The van der Waals surface area contributed by atoms with Gasteiger partial charge in [-0.1, -0.05) is 25.1 Å². The van der Waals surface area contributed by atoms with Gasteiger partial charge in [-0.3, -0.25) is 0 Å². The summed E-state index contributed by atoms with van der Waals surface area (Å²) in [7, 11) is -3.13. The number of sulfone groups is 1. The summed E-state index contributed by atoms with van der Waals surface area (Å²) in [5.41, 5.74) is 0.798. The molecule has 1 aromatic rings. The third-order valence-corrected chi connectivity index (χ3v) is 5.90. The van der Waals surface area contributed by atoms with E-state index < -0.39 is 15.7 Å². The first kappa shape index (κ1) is 18.0. The maximum Gasteiger partial charge on any atom is 0.165 e. The molecule has 1 aromatic carbocycles. The molecule has 0 aromatic heterocycles. The summed E-state index contributed by atoms with van der Waals surface area (Å²) in [5.74, 6) is 0.411. The summed E-state index contributed by atoms with van der Waals surface area (Å²) in [5, 5.41) is 0. The predicted molar refractivity (Wildman–Crippen MR) is 91.1 cm³/mol. The first-order valence-corrected chi connectivity index (χ1v) is 9.97. The van der Waals surface area contributed by atoms with Gasteiger partial charge in [-0.15, -0.1) is 0 Å². The van der Waals surface area contributed by atoms with E-state index in [1.54, 1.807) is 12.1 Å². The van der Waals surface area contributed by atoms with Crippen LogP contribution in [0, 0.1) is 11.7 Å². The molecule has 0 aliphatic heterocycles. The number of ether oxygens (including phenoxy) is 1. The summed E-state index contributed by atoms with van der Waals surface area (Å²) in [4.78, 5) is 0. The second-order valence-corrected chi connectivity index (χ2v) is 8.55. The fourth-order valence-corrected chi connectivity index (χ4v) is 4.02. The van der Waals surface area contributed by atoms with Gasteiger partial charge in [-0.25, -0.2) is 12.8 Å². The molecule has 3 nitrogen and oxygen atoms in total. The molecular formula is C18H25FO3S. The minimum absolute atomic E-state index is 0.0677. The number of halogens is 1. The summed E-state index contributed by atoms with van der Waals surface area (Å²) in [6.45, 7) is 4.26. The van der Waals surface area contributed by atoms with Gasteiger partial charge < -0.3 is 4.74 Å². The number of rotatable bonds is 9. The molecule has 1 saturated carbocycles. The minimum Gasteiger partial charge on any atom is -0.490 e.